The first-order chi connectivity index (χ1) is 9.08. The van der Waals surface area contributed by atoms with Crippen LogP contribution in [0.4, 0.5) is 11.6 Å². The third-order valence-corrected chi connectivity index (χ3v) is 3.31. The number of carbonyl (C=O) groups is 2. The number of imidazole rings is 1. The third-order valence-electron chi connectivity index (χ3n) is 3.31. The molecule has 0 aliphatic carbocycles. The van der Waals surface area contributed by atoms with Crippen LogP contribution in [0.15, 0.2) is 12.1 Å². The first kappa shape index (κ1) is 11.7. The summed E-state index contributed by atoms with van der Waals surface area (Å²) in [6, 6.07) is 3.76. The molecule has 2 amide bonds. The molecule has 0 saturated carbocycles. The highest BCUT2D eigenvalue weighted by atomic mass is 16.2. The van der Waals surface area contributed by atoms with Gasteiger partial charge in [0.05, 0.1) is 17.0 Å². The minimum Gasteiger partial charge on any atom is -0.325 e. The van der Waals surface area contributed by atoms with Gasteiger partial charge >= 0.3 is 0 Å². The predicted octanol–water partition coefficient (Wildman–Crippen LogP) is 1.97. The normalized spacial score (nSPS) is 17.4. The molecule has 6 nitrogen and oxygen atoms in total. The zero-order valence-electron chi connectivity index (χ0n) is 10.7. The number of benzene rings is 1. The lowest BCUT2D eigenvalue weighted by Gasteiger charge is -2.03. The maximum atomic E-state index is 11.8. The van der Waals surface area contributed by atoms with Crippen LogP contribution in [0, 0.1) is 0 Å². The average molecular weight is 258 g/mol. The number of fused-ring (bicyclic) bond motifs is 2. The van der Waals surface area contributed by atoms with Gasteiger partial charge in [-0.2, -0.15) is 0 Å². The van der Waals surface area contributed by atoms with Crippen LogP contribution in [0.3, 0.4) is 0 Å². The Kier molecular flexibility index (Phi) is 2.51. The van der Waals surface area contributed by atoms with E-state index in [1.807, 2.05) is 19.1 Å². The van der Waals surface area contributed by atoms with Gasteiger partial charge in [0, 0.05) is 12.6 Å². The maximum Gasteiger partial charge on any atom is 0.231 e. The molecule has 0 spiro atoms. The zero-order chi connectivity index (χ0) is 13.6. The number of hydrogen-bond donors (Lipinski definition) is 3. The Bertz CT molecular complexity index is 689. The summed E-state index contributed by atoms with van der Waals surface area (Å²) in [5.41, 5.74) is 3.33. The number of carbonyl (C=O) groups excluding carboxylic acids is 2. The van der Waals surface area contributed by atoms with E-state index < -0.39 is 0 Å². The Labute approximate surface area is 109 Å². The smallest absolute Gasteiger partial charge is 0.231 e. The quantitative estimate of drug-likeness (QED) is 0.769. The average Bonchev–Trinajstić information content (AvgIpc) is 2.83. The van der Waals surface area contributed by atoms with E-state index in [0.29, 0.717) is 5.95 Å². The van der Waals surface area contributed by atoms with Crippen molar-refractivity contribution in [1.82, 2.24) is 9.97 Å². The van der Waals surface area contributed by atoms with Crippen LogP contribution in [-0.2, 0) is 9.59 Å². The molecule has 0 saturated heterocycles. The van der Waals surface area contributed by atoms with Crippen LogP contribution >= 0.6 is 0 Å². The molecular formula is C13H14N4O2. The number of nitrogens with one attached hydrogen (secondary N) is 3. The first-order valence-corrected chi connectivity index (χ1v) is 6.20. The SMILES string of the molecule is CCC1C(=O)Nc2cc3[nH]c(NC(C)=O)nc3cc21. The lowest BCUT2D eigenvalue weighted by molar-refractivity contribution is -0.117. The van der Waals surface area contributed by atoms with Crippen molar-refractivity contribution in [3.63, 3.8) is 0 Å². The minimum atomic E-state index is -0.175. The van der Waals surface area contributed by atoms with E-state index in [4.69, 9.17) is 0 Å². The van der Waals surface area contributed by atoms with Crippen LogP contribution in [0.1, 0.15) is 31.7 Å². The summed E-state index contributed by atoms with van der Waals surface area (Å²) in [6.07, 6.45) is 0.757. The number of amides is 2. The highest BCUT2D eigenvalue weighted by Crippen LogP contribution is 2.37. The molecule has 0 fully saturated rings. The molecule has 1 aromatic heterocycles. The van der Waals surface area contributed by atoms with Crippen molar-refractivity contribution in [3.05, 3.63) is 17.7 Å². The summed E-state index contributed by atoms with van der Waals surface area (Å²) in [5, 5.41) is 5.48. The van der Waals surface area contributed by atoms with Gasteiger partial charge in [-0.15, -0.1) is 0 Å². The van der Waals surface area contributed by atoms with E-state index in [1.165, 1.54) is 6.92 Å². The molecule has 3 N–H and O–H groups in total. The largest absolute Gasteiger partial charge is 0.325 e. The minimum absolute atomic E-state index is 0.0345. The summed E-state index contributed by atoms with van der Waals surface area (Å²) >= 11 is 0. The molecule has 1 aliphatic heterocycles. The molecule has 1 aliphatic rings. The summed E-state index contributed by atoms with van der Waals surface area (Å²) in [5.74, 6) is 0.171. The van der Waals surface area contributed by atoms with Gasteiger partial charge in [-0.05, 0) is 24.1 Å². The number of nitrogens with zero attached hydrogens (tertiary/aromatic N) is 1. The molecule has 98 valence electrons. The monoisotopic (exact) mass is 258 g/mol. The van der Waals surface area contributed by atoms with Crippen LogP contribution < -0.4 is 10.6 Å². The van der Waals surface area contributed by atoms with Crippen molar-refractivity contribution in [2.45, 2.75) is 26.2 Å². The number of H-pyrrole nitrogens is 1. The number of hydrogen-bond acceptors (Lipinski definition) is 3. The summed E-state index contributed by atoms with van der Waals surface area (Å²) in [4.78, 5) is 30.1. The maximum absolute atomic E-state index is 11.8. The van der Waals surface area contributed by atoms with E-state index >= 15 is 0 Å². The summed E-state index contributed by atoms with van der Waals surface area (Å²) in [6.45, 7) is 3.41. The van der Waals surface area contributed by atoms with Crippen molar-refractivity contribution in [2.75, 3.05) is 10.6 Å². The molecule has 6 heteroatoms. The Balaban J connectivity index is 2.08. The molecular weight excluding hydrogens is 244 g/mol. The molecule has 1 unspecified atom stereocenters. The van der Waals surface area contributed by atoms with Gasteiger partial charge in [-0.25, -0.2) is 4.98 Å². The molecule has 1 aromatic carbocycles. The fourth-order valence-electron chi connectivity index (χ4n) is 2.46. The van der Waals surface area contributed by atoms with Crippen molar-refractivity contribution in [1.29, 1.82) is 0 Å². The van der Waals surface area contributed by atoms with E-state index in [2.05, 4.69) is 20.6 Å². The van der Waals surface area contributed by atoms with Gasteiger partial charge in [-0.3, -0.25) is 14.9 Å². The molecule has 19 heavy (non-hydrogen) atoms. The van der Waals surface area contributed by atoms with Crippen LogP contribution in [0.25, 0.3) is 11.0 Å². The molecule has 2 heterocycles. The second-order valence-corrected chi connectivity index (χ2v) is 4.67. The van der Waals surface area contributed by atoms with Crippen molar-refractivity contribution >= 4 is 34.5 Å². The van der Waals surface area contributed by atoms with E-state index in [0.717, 1.165) is 28.7 Å². The fourth-order valence-corrected chi connectivity index (χ4v) is 2.46. The summed E-state index contributed by atoms with van der Waals surface area (Å²) in [7, 11) is 0. The Morgan fingerprint density at radius 3 is 2.95 bits per heavy atom. The third kappa shape index (κ3) is 1.85. The molecule has 1 atom stereocenters. The van der Waals surface area contributed by atoms with Gasteiger partial charge in [-0.1, -0.05) is 6.92 Å². The predicted molar refractivity (Wildman–Crippen MR) is 72.1 cm³/mol. The lowest BCUT2D eigenvalue weighted by Crippen LogP contribution is -2.10. The Hall–Kier alpha value is -2.37. The Morgan fingerprint density at radius 1 is 1.47 bits per heavy atom. The van der Waals surface area contributed by atoms with Crippen molar-refractivity contribution < 1.29 is 9.59 Å². The first-order valence-electron chi connectivity index (χ1n) is 6.20. The number of rotatable bonds is 2. The highest BCUT2D eigenvalue weighted by Gasteiger charge is 2.29. The number of aromatic nitrogens is 2. The number of aromatic amines is 1. The van der Waals surface area contributed by atoms with Gasteiger partial charge < -0.3 is 10.3 Å². The zero-order valence-corrected chi connectivity index (χ0v) is 10.7. The van der Waals surface area contributed by atoms with Gasteiger partial charge in [0.15, 0.2) is 0 Å². The molecule has 3 rings (SSSR count). The van der Waals surface area contributed by atoms with E-state index in [1.54, 1.807) is 0 Å². The van der Waals surface area contributed by atoms with Crippen LogP contribution in [-0.4, -0.2) is 21.8 Å². The molecule has 0 bridgehead atoms. The van der Waals surface area contributed by atoms with Crippen LogP contribution in [0.5, 0.6) is 0 Å². The fraction of sp³-hybridized carbons (Fsp3) is 0.308. The summed E-state index contributed by atoms with van der Waals surface area (Å²) < 4.78 is 0. The second-order valence-electron chi connectivity index (χ2n) is 4.67. The van der Waals surface area contributed by atoms with Crippen molar-refractivity contribution in [2.24, 2.45) is 0 Å². The van der Waals surface area contributed by atoms with E-state index in [-0.39, 0.29) is 17.7 Å². The van der Waals surface area contributed by atoms with Crippen molar-refractivity contribution in [3.8, 4) is 0 Å². The molecule has 2 aromatic rings. The van der Waals surface area contributed by atoms with Gasteiger partial charge in [0.2, 0.25) is 17.8 Å². The standard InChI is InChI=1S/C13H14N4O2/c1-3-7-8-4-10-11(5-9(8)15-12(7)19)17-13(16-10)14-6(2)18/h4-5,7H,3H2,1-2H3,(H,15,19)(H2,14,16,17,18). The Morgan fingerprint density at radius 2 is 2.26 bits per heavy atom. The lowest BCUT2D eigenvalue weighted by atomic mass is 9.98. The topological polar surface area (TPSA) is 86.9 Å². The molecule has 0 radical (unpaired) electrons. The second kappa shape index (κ2) is 4.08. The van der Waals surface area contributed by atoms with Crippen LogP contribution in [0.2, 0.25) is 0 Å². The van der Waals surface area contributed by atoms with Gasteiger partial charge in [0.25, 0.3) is 0 Å². The van der Waals surface area contributed by atoms with Gasteiger partial charge in [0.1, 0.15) is 0 Å². The highest BCUT2D eigenvalue weighted by molar-refractivity contribution is 6.05. The van der Waals surface area contributed by atoms with E-state index in [9.17, 15) is 9.59 Å². The number of anilines is 2.